The van der Waals surface area contributed by atoms with Crippen LogP contribution >= 0.6 is 34.5 Å². The highest BCUT2D eigenvalue weighted by molar-refractivity contribution is 7.17. The van der Waals surface area contributed by atoms with E-state index in [2.05, 4.69) is 20.9 Å². The summed E-state index contributed by atoms with van der Waals surface area (Å²) in [5, 5.41) is 8.54. The molecule has 1 aromatic heterocycles. The van der Waals surface area contributed by atoms with Crippen LogP contribution < -0.4 is 16.0 Å². The molecule has 3 aromatic rings. The highest BCUT2D eigenvalue weighted by Crippen LogP contribution is 2.25. The van der Waals surface area contributed by atoms with Crippen LogP contribution in [0.2, 0.25) is 10.0 Å². The normalized spacial score (nSPS) is 10.4. The second-order valence-electron chi connectivity index (χ2n) is 5.60. The quantitative estimate of drug-likeness (QED) is 0.481. The van der Waals surface area contributed by atoms with Crippen LogP contribution in [-0.4, -0.2) is 16.9 Å². The van der Waals surface area contributed by atoms with E-state index in [0.717, 1.165) is 17.4 Å². The van der Waals surface area contributed by atoms with Crippen molar-refractivity contribution in [1.82, 2.24) is 4.98 Å². The maximum absolute atomic E-state index is 13.2. The topological polar surface area (TPSA) is 83.1 Å². The van der Waals surface area contributed by atoms with Gasteiger partial charge in [0.1, 0.15) is 10.7 Å². The summed E-state index contributed by atoms with van der Waals surface area (Å²) in [6.07, 6.45) is 0. The lowest BCUT2D eigenvalue weighted by atomic mass is 10.3. The summed E-state index contributed by atoms with van der Waals surface area (Å²) in [7, 11) is 0. The highest BCUT2D eigenvalue weighted by Gasteiger charge is 2.17. The first-order valence-electron chi connectivity index (χ1n) is 7.89. The fraction of sp³-hybridized carbons (Fsp3) is 0.0556. The number of rotatable bonds is 4. The molecule has 6 nitrogen and oxygen atoms in total. The number of hydrogen-bond donors (Lipinski definition) is 3. The lowest BCUT2D eigenvalue weighted by molar-refractivity contribution is 0.102. The molecule has 0 radical (unpaired) electrons. The predicted octanol–water partition coefficient (Wildman–Crippen LogP) is 5.79. The molecule has 1 heterocycles. The fourth-order valence-corrected chi connectivity index (χ4v) is 3.38. The Bertz CT molecular complexity index is 1040. The van der Waals surface area contributed by atoms with Crippen LogP contribution in [0.3, 0.4) is 0 Å². The first-order chi connectivity index (χ1) is 13.3. The number of benzene rings is 2. The van der Waals surface area contributed by atoms with Crippen molar-refractivity contribution in [2.75, 3.05) is 16.0 Å². The van der Waals surface area contributed by atoms with Crippen LogP contribution in [-0.2, 0) is 0 Å². The molecule has 0 unspecified atom stereocenters. The molecule has 0 fully saturated rings. The predicted molar refractivity (Wildman–Crippen MR) is 110 cm³/mol. The van der Waals surface area contributed by atoms with Gasteiger partial charge in [-0.05, 0) is 49.4 Å². The van der Waals surface area contributed by atoms with Gasteiger partial charge in [0.15, 0.2) is 5.13 Å². The number of thiazole rings is 1. The van der Waals surface area contributed by atoms with Gasteiger partial charge in [0.25, 0.3) is 5.91 Å². The van der Waals surface area contributed by atoms with Crippen LogP contribution in [0, 0.1) is 12.7 Å². The van der Waals surface area contributed by atoms with E-state index >= 15 is 0 Å². The Balaban J connectivity index is 1.66. The first-order valence-corrected chi connectivity index (χ1v) is 9.46. The lowest BCUT2D eigenvalue weighted by Crippen LogP contribution is -2.19. The van der Waals surface area contributed by atoms with Gasteiger partial charge in [0, 0.05) is 16.4 Å². The van der Waals surface area contributed by atoms with Crippen molar-refractivity contribution in [3.63, 3.8) is 0 Å². The van der Waals surface area contributed by atoms with Gasteiger partial charge in [0.05, 0.1) is 10.7 Å². The Labute approximate surface area is 173 Å². The largest absolute Gasteiger partial charge is 0.325 e. The van der Waals surface area contributed by atoms with Crippen molar-refractivity contribution >= 4 is 63.0 Å². The van der Waals surface area contributed by atoms with E-state index in [1.54, 1.807) is 31.2 Å². The highest BCUT2D eigenvalue weighted by atomic mass is 35.5. The molecule has 0 atom stereocenters. The van der Waals surface area contributed by atoms with Crippen molar-refractivity contribution in [3.05, 3.63) is 68.9 Å². The van der Waals surface area contributed by atoms with Crippen molar-refractivity contribution in [3.8, 4) is 0 Å². The van der Waals surface area contributed by atoms with Crippen LogP contribution in [0.4, 0.5) is 25.7 Å². The standard InChI is InChI=1S/C18H13Cl2FN4O2S/c1-9-15(16(26)23-12-6-7-14(21)13(20)8-12)28-18(22-9)25-17(27)24-11-4-2-10(19)3-5-11/h2-8H,1H3,(H,23,26)(H2,22,24,25,27). The molecular formula is C18H13Cl2FN4O2S. The number of nitrogens with zero attached hydrogens (tertiary/aromatic N) is 1. The third-order valence-electron chi connectivity index (χ3n) is 3.50. The van der Waals surface area contributed by atoms with Crippen LogP contribution in [0.5, 0.6) is 0 Å². The monoisotopic (exact) mass is 438 g/mol. The number of aryl methyl sites for hydroxylation is 1. The molecular weight excluding hydrogens is 426 g/mol. The molecule has 0 saturated carbocycles. The minimum Gasteiger partial charge on any atom is -0.321 e. The smallest absolute Gasteiger partial charge is 0.321 e. The molecule has 2 aromatic carbocycles. The minimum absolute atomic E-state index is 0.0972. The number of urea groups is 1. The molecule has 0 aliphatic heterocycles. The molecule has 3 rings (SSSR count). The second-order valence-corrected chi connectivity index (χ2v) is 7.45. The number of hydrogen-bond acceptors (Lipinski definition) is 4. The third kappa shape index (κ3) is 4.98. The van der Waals surface area contributed by atoms with Crippen LogP contribution in [0.25, 0.3) is 0 Å². The summed E-state index contributed by atoms with van der Waals surface area (Å²) in [4.78, 5) is 29.0. The maximum Gasteiger partial charge on any atom is 0.325 e. The molecule has 28 heavy (non-hydrogen) atoms. The van der Waals surface area contributed by atoms with Crippen LogP contribution in [0.1, 0.15) is 15.4 Å². The van der Waals surface area contributed by atoms with E-state index < -0.39 is 17.8 Å². The van der Waals surface area contributed by atoms with Crippen molar-refractivity contribution in [1.29, 1.82) is 0 Å². The lowest BCUT2D eigenvalue weighted by Gasteiger charge is -2.05. The molecule has 3 N–H and O–H groups in total. The molecule has 0 aliphatic rings. The Hall–Kier alpha value is -2.68. The number of halogens is 3. The summed E-state index contributed by atoms with van der Waals surface area (Å²) in [6, 6.07) is 9.96. The number of carbonyl (C=O) groups is 2. The van der Waals surface area contributed by atoms with Gasteiger partial charge in [-0.25, -0.2) is 14.2 Å². The average molecular weight is 439 g/mol. The van der Waals surface area contributed by atoms with Gasteiger partial charge in [-0.2, -0.15) is 0 Å². The van der Waals surface area contributed by atoms with Gasteiger partial charge in [-0.3, -0.25) is 10.1 Å². The van der Waals surface area contributed by atoms with E-state index in [1.165, 1.54) is 12.1 Å². The zero-order chi connectivity index (χ0) is 20.3. The Morgan fingerprint density at radius 3 is 2.36 bits per heavy atom. The zero-order valence-corrected chi connectivity index (χ0v) is 16.7. The maximum atomic E-state index is 13.2. The van der Waals surface area contributed by atoms with Crippen LogP contribution in [0.15, 0.2) is 42.5 Å². The average Bonchev–Trinajstić information content (AvgIpc) is 3.00. The number of aromatic nitrogens is 1. The van der Waals surface area contributed by atoms with E-state index in [9.17, 15) is 14.0 Å². The first kappa shape index (κ1) is 20.1. The van der Waals surface area contributed by atoms with Crippen molar-refractivity contribution in [2.24, 2.45) is 0 Å². The molecule has 0 bridgehead atoms. The van der Waals surface area contributed by atoms with E-state index in [1.807, 2.05) is 0 Å². The van der Waals surface area contributed by atoms with Gasteiger partial charge >= 0.3 is 6.03 Å². The zero-order valence-electron chi connectivity index (χ0n) is 14.3. The fourth-order valence-electron chi connectivity index (χ4n) is 2.21. The molecule has 0 aliphatic carbocycles. The number of amides is 3. The van der Waals surface area contributed by atoms with Gasteiger partial charge in [0.2, 0.25) is 0 Å². The molecule has 0 saturated heterocycles. The third-order valence-corrected chi connectivity index (χ3v) is 5.12. The summed E-state index contributed by atoms with van der Waals surface area (Å²) >= 11 is 12.5. The molecule has 10 heteroatoms. The SMILES string of the molecule is Cc1nc(NC(=O)Nc2ccc(Cl)cc2)sc1C(=O)Nc1ccc(F)c(Cl)c1. The van der Waals surface area contributed by atoms with Crippen molar-refractivity contribution in [2.45, 2.75) is 6.92 Å². The van der Waals surface area contributed by atoms with E-state index in [-0.39, 0.29) is 10.2 Å². The second kappa shape index (κ2) is 8.55. The molecule has 0 spiro atoms. The van der Waals surface area contributed by atoms with Gasteiger partial charge < -0.3 is 10.6 Å². The summed E-state index contributed by atoms with van der Waals surface area (Å²) in [6.45, 7) is 1.64. The van der Waals surface area contributed by atoms with Gasteiger partial charge in [-0.15, -0.1) is 0 Å². The Morgan fingerprint density at radius 1 is 1.00 bits per heavy atom. The molecule has 3 amide bonds. The van der Waals surface area contributed by atoms with E-state index in [0.29, 0.717) is 27.0 Å². The van der Waals surface area contributed by atoms with E-state index in [4.69, 9.17) is 23.2 Å². The minimum atomic E-state index is -0.577. The summed E-state index contributed by atoms with van der Waals surface area (Å²) in [5.74, 6) is -1.02. The van der Waals surface area contributed by atoms with Gasteiger partial charge in [-0.1, -0.05) is 34.5 Å². The Kier molecular flexibility index (Phi) is 6.13. The Morgan fingerprint density at radius 2 is 1.68 bits per heavy atom. The van der Waals surface area contributed by atoms with Crippen molar-refractivity contribution < 1.29 is 14.0 Å². The molecule has 144 valence electrons. The number of carbonyl (C=O) groups excluding carboxylic acids is 2. The number of anilines is 3. The summed E-state index contributed by atoms with van der Waals surface area (Å²) in [5.41, 5.74) is 1.35. The summed E-state index contributed by atoms with van der Waals surface area (Å²) < 4.78 is 13.2. The number of nitrogens with one attached hydrogen (secondary N) is 3.